The molecule has 4 nitrogen and oxygen atoms in total. The Morgan fingerprint density at radius 2 is 2.20 bits per heavy atom. The van der Waals surface area contributed by atoms with Gasteiger partial charge in [-0.15, -0.1) is 6.58 Å². The minimum absolute atomic E-state index is 0.0858. The summed E-state index contributed by atoms with van der Waals surface area (Å²) >= 11 is 0. The van der Waals surface area contributed by atoms with Crippen LogP contribution in [0.4, 0.5) is 0 Å². The highest BCUT2D eigenvalue weighted by molar-refractivity contribution is 5.87. The Hall–Kier alpha value is -1.32. The number of carboxylic acids is 1. The summed E-state index contributed by atoms with van der Waals surface area (Å²) in [6.45, 7) is 5.10. The molecule has 0 spiro atoms. The van der Waals surface area contributed by atoms with Crippen LogP contribution in [-0.4, -0.2) is 22.5 Å². The maximum absolute atomic E-state index is 11.4. The summed E-state index contributed by atoms with van der Waals surface area (Å²) in [6.07, 6.45) is 4.29. The highest BCUT2D eigenvalue weighted by atomic mass is 16.4. The van der Waals surface area contributed by atoms with Crippen molar-refractivity contribution in [1.82, 2.24) is 5.32 Å². The van der Waals surface area contributed by atoms with Gasteiger partial charge in [0.25, 0.3) is 0 Å². The third kappa shape index (κ3) is 2.81. The summed E-state index contributed by atoms with van der Waals surface area (Å²) < 4.78 is 0. The first kappa shape index (κ1) is 11.8. The molecule has 0 radical (unpaired) electrons. The Morgan fingerprint density at radius 3 is 2.60 bits per heavy atom. The molecule has 2 N–H and O–H groups in total. The number of allylic oxidation sites excluding steroid dienone is 1. The molecule has 1 amide bonds. The SMILES string of the molecule is C=CCCC(=O)N[C@@](C)(C(=O)O)C1CC1. The first-order valence-electron chi connectivity index (χ1n) is 5.16. The monoisotopic (exact) mass is 211 g/mol. The lowest BCUT2D eigenvalue weighted by atomic mass is 9.95. The number of carboxylic acid groups (broad SMARTS) is 1. The van der Waals surface area contributed by atoms with Crippen molar-refractivity contribution in [2.45, 2.75) is 38.1 Å². The summed E-state index contributed by atoms with van der Waals surface area (Å²) in [5.41, 5.74) is -1.09. The molecule has 0 aromatic heterocycles. The molecule has 0 saturated heterocycles. The molecule has 0 heterocycles. The second-order valence-electron chi connectivity index (χ2n) is 4.16. The van der Waals surface area contributed by atoms with Gasteiger partial charge in [0.05, 0.1) is 0 Å². The average Bonchev–Trinajstić information content (AvgIpc) is 2.97. The Bertz CT molecular complexity index is 284. The summed E-state index contributed by atoms with van der Waals surface area (Å²) in [5.74, 6) is -1.08. The van der Waals surface area contributed by atoms with Crippen LogP contribution in [-0.2, 0) is 9.59 Å². The van der Waals surface area contributed by atoms with E-state index < -0.39 is 11.5 Å². The Labute approximate surface area is 89.4 Å². The molecule has 15 heavy (non-hydrogen) atoms. The van der Waals surface area contributed by atoms with Gasteiger partial charge in [0.1, 0.15) is 5.54 Å². The van der Waals surface area contributed by atoms with E-state index in [0.717, 1.165) is 12.8 Å². The van der Waals surface area contributed by atoms with Crippen molar-refractivity contribution in [2.75, 3.05) is 0 Å². The molecule has 1 saturated carbocycles. The maximum atomic E-state index is 11.4. The second kappa shape index (κ2) is 4.47. The molecule has 1 rings (SSSR count). The van der Waals surface area contributed by atoms with Crippen molar-refractivity contribution < 1.29 is 14.7 Å². The first-order chi connectivity index (χ1) is 7.00. The van der Waals surface area contributed by atoms with E-state index >= 15 is 0 Å². The van der Waals surface area contributed by atoms with Gasteiger partial charge < -0.3 is 10.4 Å². The summed E-state index contributed by atoms with van der Waals surface area (Å²) in [5, 5.41) is 11.7. The predicted molar refractivity (Wildman–Crippen MR) is 56.3 cm³/mol. The zero-order chi connectivity index (χ0) is 11.5. The lowest BCUT2D eigenvalue weighted by molar-refractivity contribution is -0.147. The fourth-order valence-corrected chi connectivity index (χ4v) is 1.58. The van der Waals surface area contributed by atoms with Crippen LogP contribution in [0.25, 0.3) is 0 Å². The minimum Gasteiger partial charge on any atom is -0.480 e. The molecule has 0 aromatic carbocycles. The Kier molecular flexibility index (Phi) is 3.50. The van der Waals surface area contributed by atoms with Gasteiger partial charge in [-0.2, -0.15) is 0 Å². The smallest absolute Gasteiger partial charge is 0.329 e. The number of carbonyl (C=O) groups excluding carboxylic acids is 1. The number of amides is 1. The van der Waals surface area contributed by atoms with E-state index in [1.807, 2.05) is 0 Å². The lowest BCUT2D eigenvalue weighted by Crippen LogP contribution is -2.53. The highest BCUT2D eigenvalue weighted by Gasteiger charge is 2.48. The molecule has 1 aliphatic rings. The van der Waals surface area contributed by atoms with Gasteiger partial charge in [0.15, 0.2) is 0 Å². The average molecular weight is 211 g/mol. The number of carbonyl (C=O) groups is 2. The van der Waals surface area contributed by atoms with E-state index in [4.69, 9.17) is 5.11 Å². The zero-order valence-corrected chi connectivity index (χ0v) is 8.95. The van der Waals surface area contributed by atoms with Crippen molar-refractivity contribution in [2.24, 2.45) is 5.92 Å². The molecular weight excluding hydrogens is 194 g/mol. The van der Waals surface area contributed by atoms with Crippen molar-refractivity contribution in [3.8, 4) is 0 Å². The molecule has 84 valence electrons. The Balaban J connectivity index is 2.55. The molecule has 1 atom stereocenters. The van der Waals surface area contributed by atoms with Gasteiger partial charge in [0.2, 0.25) is 5.91 Å². The summed E-state index contributed by atoms with van der Waals surface area (Å²) in [6, 6.07) is 0. The normalized spacial score (nSPS) is 19.0. The van der Waals surface area contributed by atoms with Crippen molar-refractivity contribution >= 4 is 11.9 Å². The van der Waals surface area contributed by atoms with Gasteiger partial charge in [-0.1, -0.05) is 6.08 Å². The predicted octanol–water partition coefficient (Wildman–Crippen LogP) is 1.32. The van der Waals surface area contributed by atoms with Crippen LogP contribution in [0.3, 0.4) is 0 Å². The van der Waals surface area contributed by atoms with Crippen LogP contribution in [0.15, 0.2) is 12.7 Å². The molecule has 1 aliphatic carbocycles. The zero-order valence-electron chi connectivity index (χ0n) is 8.95. The van der Waals surface area contributed by atoms with Gasteiger partial charge in [0, 0.05) is 6.42 Å². The molecular formula is C11H17NO3. The molecule has 4 heteroatoms. The number of nitrogens with one attached hydrogen (secondary N) is 1. The third-order valence-electron chi connectivity index (χ3n) is 2.81. The lowest BCUT2D eigenvalue weighted by Gasteiger charge is -2.26. The van der Waals surface area contributed by atoms with E-state index in [2.05, 4.69) is 11.9 Å². The molecule has 1 fully saturated rings. The molecule has 0 aliphatic heterocycles. The fraction of sp³-hybridized carbons (Fsp3) is 0.636. The number of aliphatic carboxylic acids is 1. The van der Waals surface area contributed by atoms with Gasteiger partial charge in [-0.3, -0.25) is 4.79 Å². The quantitative estimate of drug-likeness (QED) is 0.651. The standard InChI is InChI=1S/C11H17NO3/c1-3-4-5-9(13)12-11(2,10(14)15)8-6-7-8/h3,8H,1,4-7H2,2H3,(H,12,13)(H,14,15)/t11-/m1/s1. The molecule has 0 aromatic rings. The number of hydrogen-bond donors (Lipinski definition) is 2. The topological polar surface area (TPSA) is 66.4 Å². The summed E-state index contributed by atoms with van der Waals surface area (Å²) in [7, 11) is 0. The van der Waals surface area contributed by atoms with Crippen LogP contribution in [0.5, 0.6) is 0 Å². The van der Waals surface area contributed by atoms with Gasteiger partial charge in [-0.25, -0.2) is 4.79 Å². The minimum atomic E-state index is -1.09. The van der Waals surface area contributed by atoms with Gasteiger partial charge in [-0.05, 0) is 32.1 Å². The molecule has 0 bridgehead atoms. The van der Waals surface area contributed by atoms with E-state index in [9.17, 15) is 9.59 Å². The van der Waals surface area contributed by atoms with E-state index in [-0.39, 0.29) is 11.8 Å². The van der Waals surface area contributed by atoms with E-state index in [0.29, 0.717) is 12.8 Å². The van der Waals surface area contributed by atoms with Crippen molar-refractivity contribution in [1.29, 1.82) is 0 Å². The Morgan fingerprint density at radius 1 is 1.60 bits per heavy atom. The number of hydrogen-bond acceptors (Lipinski definition) is 2. The molecule has 0 unspecified atom stereocenters. The van der Waals surface area contributed by atoms with Crippen LogP contribution in [0.2, 0.25) is 0 Å². The van der Waals surface area contributed by atoms with E-state index in [1.54, 1.807) is 13.0 Å². The van der Waals surface area contributed by atoms with Crippen LogP contribution in [0.1, 0.15) is 32.6 Å². The van der Waals surface area contributed by atoms with Crippen molar-refractivity contribution in [3.63, 3.8) is 0 Å². The highest BCUT2D eigenvalue weighted by Crippen LogP contribution is 2.39. The summed E-state index contributed by atoms with van der Waals surface area (Å²) in [4.78, 5) is 22.5. The van der Waals surface area contributed by atoms with Crippen LogP contribution < -0.4 is 5.32 Å². The van der Waals surface area contributed by atoms with Crippen molar-refractivity contribution in [3.05, 3.63) is 12.7 Å². The third-order valence-corrected chi connectivity index (χ3v) is 2.81. The first-order valence-corrected chi connectivity index (χ1v) is 5.16. The second-order valence-corrected chi connectivity index (χ2v) is 4.16. The number of rotatable bonds is 6. The fourth-order valence-electron chi connectivity index (χ4n) is 1.58. The van der Waals surface area contributed by atoms with Gasteiger partial charge >= 0.3 is 5.97 Å². The van der Waals surface area contributed by atoms with E-state index in [1.165, 1.54) is 0 Å². The largest absolute Gasteiger partial charge is 0.480 e. The van der Waals surface area contributed by atoms with Crippen LogP contribution >= 0.6 is 0 Å². The van der Waals surface area contributed by atoms with Crippen LogP contribution in [0, 0.1) is 5.92 Å². The maximum Gasteiger partial charge on any atom is 0.329 e.